The van der Waals surface area contributed by atoms with Gasteiger partial charge < -0.3 is 58.5 Å². The topological polar surface area (TPSA) is 250 Å². The van der Waals surface area contributed by atoms with Crippen LogP contribution >= 0.6 is 0 Å². The van der Waals surface area contributed by atoms with Gasteiger partial charge in [0.25, 0.3) is 11.8 Å². The summed E-state index contributed by atoms with van der Waals surface area (Å²) in [4.78, 5) is 101. The number of aliphatic hydroxyl groups is 2. The van der Waals surface area contributed by atoms with Gasteiger partial charge in [0.1, 0.15) is 19.8 Å². The molecule has 2 spiro atoms. The number of carbonyl (C=O) groups is 7. The van der Waals surface area contributed by atoms with Gasteiger partial charge in [-0.2, -0.15) is 0 Å². The molecule has 3 aromatic carbocycles. The van der Waals surface area contributed by atoms with Crippen LogP contribution in [0.25, 0.3) is 0 Å². The quantitative estimate of drug-likeness (QED) is 0.0345. The molecule has 5 amide bonds. The zero-order valence-corrected chi connectivity index (χ0v) is 47.4. The number of hydrogen-bond acceptors (Lipinski definition) is 16. The van der Waals surface area contributed by atoms with Gasteiger partial charge >= 0.3 is 18.2 Å². The fourth-order valence-electron chi connectivity index (χ4n) is 11.7. The average Bonchev–Trinajstić information content (AvgIpc) is 3.47. The molecule has 21 nitrogen and oxygen atoms in total. The molecule has 0 radical (unpaired) electrons. The molecule has 6 atom stereocenters. The van der Waals surface area contributed by atoms with Crippen LogP contribution in [0.15, 0.2) is 73.8 Å². The summed E-state index contributed by atoms with van der Waals surface area (Å²) in [5, 5.41) is 26.6. The summed E-state index contributed by atoms with van der Waals surface area (Å²) in [6.45, 7) is 13.5. The molecule has 4 aliphatic heterocycles. The minimum absolute atomic E-state index is 0.00261. The molecule has 4 fully saturated rings. The molecule has 6 aliphatic rings. The number of ether oxygens (including phenoxy) is 7. The first-order valence-electron chi connectivity index (χ1n) is 28.2. The first kappa shape index (κ1) is 59.0. The molecule has 0 aromatic heterocycles. The number of aliphatic hydroxyl groups excluding tert-OH is 2. The number of Topliss-reactive ketones (excluding diaryl/α,β-unsaturated/α-hetero) is 1. The zero-order valence-electron chi connectivity index (χ0n) is 47.4. The third kappa shape index (κ3) is 12.5. The summed E-state index contributed by atoms with van der Waals surface area (Å²) in [5.41, 5.74) is 1.63. The van der Waals surface area contributed by atoms with E-state index < -0.39 is 60.6 Å². The number of carbonyl (C=O) groups excluding carboxylic acids is 7. The molecular formula is C61H75N5O16. The normalized spacial score (nSPS) is 21.2. The number of anilines is 2. The van der Waals surface area contributed by atoms with Crippen molar-refractivity contribution in [3.05, 3.63) is 96.1 Å². The Balaban J connectivity index is 0.827. The smallest absolute Gasteiger partial charge is 0.416 e. The third-order valence-corrected chi connectivity index (χ3v) is 16.8. The van der Waals surface area contributed by atoms with Crippen LogP contribution in [0.3, 0.4) is 0 Å². The lowest BCUT2D eigenvalue weighted by molar-refractivity contribution is -0.146. The van der Waals surface area contributed by atoms with E-state index in [0.717, 1.165) is 35.5 Å². The van der Waals surface area contributed by atoms with Gasteiger partial charge in [-0.3, -0.25) is 24.0 Å². The van der Waals surface area contributed by atoms with Gasteiger partial charge in [0.2, 0.25) is 5.91 Å². The summed E-state index contributed by atoms with van der Waals surface area (Å²) in [5.74, 6) is -1.72. The van der Waals surface area contributed by atoms with E-state index in [1.54, 1.807) is 41.0 Å². The predicted molar refractivity (Wildman–Crippen MR) is 299 cm³/mol. The number of rotatable bonds is 24. The van der Waals surface area contributed by atoms with E-state index in [-0.39, 0.29) is 126 Å². The fourth-order valence-corrected chi connectivity index (χ4v) is 11.7. The largest absolute Gasteiger partial charge is 0.493 e. The second-order valence-corrected chi connectivity index (χ2v) is 22.9. The van der Waals surface area contributed by atoms with Crippen molar-refractivity contribution in [1.82, 2.24) is 15.1 Å². The molecule has 3 aromatic rings. The Bertz CT molecular complexity index is 2950. The lowest BCUT2D eigenvalue weighted by atomic mass is 9.91. The number of benzene rings is 3. The zero-order chi connectivity index (χ0) is 58.6. The second kappa shape index (κ2) is 24.8. The summed E-state index contributed by atoms with van der Waals surface area (Å²) in [6.07, 6.45) is 4.70. The van der Waals surface area contributed by atoms with E-state index in [1.807, 2.05) is 13.8 Å². The van der Waals surface area contributed by atoms with Crippen LogP contribution in [0.5, 0.6) is 23.0 Å². The number of unbranched alkanes of at least 4 members (excludes halogenated alkanes) is 2. The third-order valence-electron chi connectivity index (χ3n) is 16.8. The molecule has 4 heterocycles. The monoisotopic (exact) mass is 1130 g/mol. The second-order valence-electron chi connectivity index (χ2n) is 22.9. The number of fused-ring (bicyclic) bond motifs is 4. The standard InChI is InChI=1S/C61H75N5O16/c1-8-21-80-52(68)28-40(36(3)4)53(69)62-37(5)47(67)25-38-13-15-39(16-14-38)33-82-59(75)66-44-30-51(49(77-7)27-42(44)55(71)64-35-61(19-20-61)32-46(64)57(66)73)79-24-12-10-11-23-78-50-29-43-41(26-48(50)76-6)54(70)63-34-60(17-18-60)31-45(63)56(72)65(43)58(74)81-22-9-2/h8-9,13-16,26-27,29-30,36-37,40,45-46,56-57,72-73H,1-2,10-12,17-25,28,31-35H2,3-7H3,(H,62,69)/t37-,40-,45-,46-,56-,57-/m0/s1. The maximum Gasteiger partial charge on any atom is 0.416 e. The highest BCUT2D eigenvalue weighted by Gasteiger charge is 2.59. The molecule has 0 unspecified atom stereocenters. The van der Waals surface area contributed by atoms with E-state index in [2.05, 4.69) is 18.5 Å². The molecule has 21 heteroatoms. The summed E-state index contributed by atoms with van der Waals surface area (Å²) in [7, 11) is 2.91. The van der Waals surface area contributed by atoms with Gasteiger partial charge in [0, 0.05) is 31.6 Å². The Morgan fingerprint density at radius 2 is 1.15 bits per heavy atom. The van der Waals surface area contributed by atoms with Crippen LogP contribution < -0.4 is 34.1 Å². The number of amides is 5. The number of nitrogens with one attached hydrogen (secondary N) is 1. The van der Waals surface area contributed by atoms with Gasteiger partial charge in [-0.1, -0.05) is 63.4 Å². The van der Waals surface area contributed by atoms with Crippen molar-refractivity contribution >= 4 is 53.0 Å². The van der Waals surface area contributed by atoms with E-state index >= 15 is 0 Å². The van der Waals surface area contributed by atoms with E-state index in [1.165, 1.54) is 50.6 Å². The number of nitrogens with zero attached hydrogens (tertiary/aromatic N) is 4. The molecule has 2 saturated heterocycles. The van der Waals surface area contributed by atoms with Crippen molar-refractivity contribution in [2.75, 3.05) is 63.5 Å². The molecule has 82 heavy (non-hydrogen) atoms. The van der Waals surface area contributed by atoms with Crippen molar-refractivity contribution in [2.45, 2.75) is 129 Å². The maximum atomic E-state index is 14.4. The van der Waals surface area contributed by atoms with Crippen LogP contribution in [0.4, 0.5) is 21.0 Å². The van der Waals surface area contributed by atoms with Crippen LogP contribution in [-0.4, -0.2) is 146 Å². The fraction of sp³-hybridized carbons (Fsp3) is 0.525. The highest BCUT2D eigenvalue weighted by Crippen LogP contribution is 2.58. The Morgan fingerprint density at radius 1 is 0.671 bits per heavy atom. The van der Waals surface area contributed by atoms with Crippen molar-refractivity contribution < 1.29 is 76.9 Å². The first-order chi connectivity index (χ1) is 39.3. The Hall–Kier alpha value is -7.65. The maximum absolute atomic E-state index is 14.4. The molecule has 2 aliphatic carbocycles. The van der Waals surface area contributed by atoms with Crippen LogP contribution in [-0.2, 0) is 41.6 Å². The Kier molecular flexibility index (Phi) is 17.9. The van der Waals surface area contributed by atoms with E-state index in [9.17, 15) is 43.8 Å². The van der Waals surface area contributed by atoms with Crippen molar-refractivity contribution in [3.63, 3.8) is 0 Å². The minimum Gasteiger partial charge on any atom is -0.493 e. The Labute approximate surface area is 477 Å². The summed E-state index contributed by atoms with van der Waals surface area (Å²) < 4.78 is 40.2. The number of methoxy groups -OCH3 is 2. The van der Waals surface area contributed by atoms with E-state index in [0.29, 0.717) is 56.3 Å². The van der Waals surface area contributed by atoms with E-state index in [4.69, 9.17) is 33.2 Å². The minimum atomic E-state index is -1.46. The lowest BCUT2D eigenvalue weighted by Gasteiger charge is -2.31. The Morgan fingerprint density at radius 3 is 1.61 bits per heavy atom. The van der Waals surface area contributed by atoms with Gasteiger partial charge in [0.15, 0.2) is 41.2 Å². The van der Waals surface area contributed by atoms with Crippen LogP contribution in [0, 0.1) is 22.7 Å². The average molecular weight is 1130 g/mol. The highest BCUT2D eigenvalue weighted by molar-refractivity contribution is 6.07. The van der Waals surface area contributed by atoms with Gasteiger partial charge in [-0.25, -0.2) is 19.4 Å². The van der Waals surface area contributed by atoms with Gasteiger partial charge in [-0.05, 0) is 105 Å². The molecular weight excluding hydrogens is 1060 g/mol. The van der Waals surface area contributed by atoms with Crippen LogP contribution in [0.2, 0.25) is 0 Å². The molecule has 9 rings (SSSR count). The summed E-state index contributed by atoms with van der Waals surface area (Å²) >= 11 is 0. The number of ketones is 1. The summed E-state index contributed by atoms with van der Waals surface area (Å²) in [6, 6.07) is 10.8. The predicted octanol–water partition coefficient (Wildman–Crippen LogP) is 7.27. The van der Waals surface area contributed by atoms with Gasteiger partial charge in [0.05, 0.1) is 80.4 Å². The molecule has 440 valence electrons. The highest BCUT2D eigenvalue weighted by atomic mass is 16.6. The van der Waals surface area contributed by atoms with Crippen LogP contribution in [0.1, 0.15) is 117 Å². The SMILES string of the molecule is C=CCOC(=O)C[C@H](C(=O)N[C@@H](C)C(=O)Cc1ccc(COC(=O)N2c3cc(OCCCCCOc4cc5c(cc4OC)C(=O)N4CC6(CC6)C[C@H]4[C@H](O)N5C(=O)OCC=C)c(OC)cc3C(=O)N3CC4(CC4)C[C@H]3[C@@H]2O)cc1)C(C)C. The first-order valence-corrected chi connectivity index (χ1v) is 28.2. The lowest BCUT2D eigenvalue weighted by Crippen LogP contribution is -2.50. The molecule has 0 bridgehead atoms. The molecule has 2 saturated carbocycles. The number of esters is 1. The molecule has 3 N–H and O–H groups in total. The van der Waals surface area contributed by atoms with Crippen molar-refractivity contribution in [3.8, 4) is 23.0 Å². The van der Waals surface area contributed by atoms with Gasteiger partial charge in [-0.15, -0.1) is 0 Å². The van der Waals surface area contributed by atoms with Crippen molar-refractivity contribution in [1.29, 1.82) is 0 Å². The number of hydrogen-bond donors (Lipinski definition) is 3. The van der Waals surface area contributed by atoms with Crippen molar-refractivity contribution in [2.24, 2.45) is 22.7 Å².